The SMILES string of the molecule is CCCS(=O)(=O)c1ccc(N2CC(C)C(C(=O)O)C2)cc1. The molecule has 1 fully saturated rings. The lowest BCUT2D eigenvalue weighted by molar-refractivity contribution is -0.142. The van der Waals surface area contributed by atoms with Gasteiger partial charge in [0.05, 0.1) is 16.6 Å². The highest BCUT2D eigenvalue weighted by Crippen LogP contribution is 2.29. The van der Waals surface area contributed by atoms with Crippen molar-refractivity contribution < 1.29 is 18.3 Å². The minimum absolute atomic E-state index is 0.0889. The van der Waals surface area contributed by atoms with E-state index in [9.17, 15) is 13.2 Å². The summed E-state index contributed by atoms with van der Waals surface area (Å²) in [6.07, 6.45) is 0.591. The number of rotatable bonds is 5. The first-order chi connectivity index (χ1) is 9.85. The number of anilines is 1. The monoisotopic (exact) mass is 311 g/mol. The number of nitrogens with zero attached hydrogens (tertiary/aromatic N) is 1. The van der Waals surface area contributed by atoms with Crippen LogP contribution in [0.15, 0.2) is 29.2 Å². The Hall–Kier alpha value is -1.56. The smallest absolute Gasteiger partial charge is 0.308 e. The average Bonchev–Trinajstić information content (AvgIpc) is 2.81. The van der Waals surface area contributed by atoms with Gasteiger partial charge in [-0.3, -0.25) is 4.79 Å². The van der Waals surface area contributed by atoms with Crippen LogP contribution in [0.3, 0.4) is 0 Å². The predicted octanol–water partition coefficient (Wildman–Crippen LogP) is 2.03. The Morgan fingerprint density at radius 3 is 2.38 bits per heavy atom. The summed E-state index contributed by atoms with van der Waals surface area (Å²) in [7, 11) is -3.20. The van der Waals surface area contributed by atoms with Gasteiger partial charge in [-0.05, 0) is 36.6 Å². The van der Waals surface area contributed by atoms with Crippen molar-refractivity contribution >= 4 is 21.5 Å². The molecule has 6 heteroatoms. The number of carboxylic acids is 1. The van der Waals surface area contributed by atoms with Gasteiger partial charge in [0.2, 0.25) is 0 Å². The van der Waals surface area contributed by atoms with Crippen molar-refractivity contribution in [2.45, 2.75) is 25.2 Å². The van der Waals surface area contributed by atoms with E-state index < -0.39 is 15.8 Å². The molecule has 0 spiro atoms. The molecule has 2 rings (SSSR count). The molecule has 0 saturated carbocycles. The molecule has 2 unspecified atom stereocenters. The van der Waals surface area contributed by atoms with Crippen molar-refractivity contribution in [2.24, 2.45) is 11.8 Å². The van der Waals surface area contributed by atoms with Gasteiger partial charge in [0.15, 0.2) is 9.84 Å². The van der Waals surface area contributed by atoms with Gasteiger partial charge in [-0.1, -0.05) is 13.8 Å². The number of hydrogen-bond acceptors (Lipinski definition) is 4. The van der Waals surface area contributed by atoms with Crippen LogP contribution in [0.4, 0.5) is 5.69 Å². The Morgan fingerprint density at radius 2 is 1.90 bits per heavy atom. The first-order valence-electron chi connectivity index (χ1n) is 7.15. The average molecular weight is 311 g/mol. The van der Waals surface area contributed by atoms with Gasteiger partial charge in [-0.25, -0.2) is 8.42 Å². The topological polar surface area (TPSA) is 74.7 Å². The third-order valence-electron chi connectivity index (χ3n) is 3.96. The molecule has 116 valence electrons. The maximum atomic E-state index is 12.0. The Morgan fingerprint density at radius 1 is 1.29 bits per heavy atom. The summed E-state index contributed by atoms with van der Waals surface area (Å²) in [5.74, 6) is -0.902. The molecular formula is C15H21NO4S. The van der Waals surface area contributed by atoms with Crippen LogP contribution in [0.1, 0.15) is 20.3 Å². The lowest BCUT2D eigenvalue weighted by Gasteiger charge is -2.18. The number of aliphatic carboxylic acids is 1. The van der Waals surface area contributed by atoms with Crippen LogP contribution in [-0.2, 0) is 14.6 Å². The Kier molecular flexibility index (Phi) is 4.56. The fourth-order valence-corrected chi connectivity index (χ4v) is 4.07. The molecule has 0 amide bonds. The maximum absolute atomic E-state index is 12.0. The molecule has 0 radical (unpaired) electrons. The van der Waals surface area contributed by atoms with Crippen LogP contribution in [0, 0.1) is 11.8 Å². The minimum Gasteiger partial charge on any atom is -0.481 e. The molecule has 1 aliphatic heterocycles. The Labute approximate surface area is 125 Å². The van der Waals surface area contributed by atoms with E-state index in [1.54, 1.807) is 24.3 Å². The van der Waals surface area contributed by atoms with E-state index in [4.69, 9.17) is 5.11 Å². The summed E-state index contributed by atoms with van der Waals surface area (Å²) in [5, 5.41) is 9.15. The molecule has 2 atom stereocenters. The molecule has 0 aliphatic carbocycles. The Bertz CT molecular complexity index is 609. The molecule has 1 saturated heterocycles. The zero-order chi connectivity index (χ0) is 15.6. The third kappa shape index (κ3) is 3.37. The molecule has 5 nitrogen and oxygen atoms in total. The van der Waals surface area contributed by atoms with E-state index in [0.717, 1.165) is 5.69 Å². The standard InChI is InChI=1S/C15H21NO4S/c1-3-8-21(19,20)13-6-4-12(5-7-13)16-9-11(2)14(10-16)15(17)18/h4-7,11,14H,3,8-10H2,1-2H3,(H,17,18). The largest absolute Gasteiger partial charge is 0.481 e. The van der Waals surface area contributed by atoms with Crippen LogP contribution in [0.5, 0.6) is 0 Å². The number of hydrogen-bond donors (Lipinski definition) is 1. The summed E-state index contributed by atoms with van der Waals surface area (Å²) in [6.45, 7) is 4.91. The van der Waals surface area contributed by atoms with Crippen LogP contribution in [0.2, 0.25) is 0 Å². The maximum Gasteiger partial charge on any atom is 0.308 e. The molecule has 1 aromatic rings. The number of carbonyl (C=O) groups is 1. The van der Waals surface area contributed by atoms with E-state index in [1.165, 1.54) is 0 Å². The van der Waals surface area contributed by atoms with Gasteiger partial charge in [0.25, 0.3) is 0 Å². The summed E-state index contributed by atoms with van der Waals surface area (Å²) in [4.78, 5) is 13.5. The molecule has 1 heterocycles. The molecular weight excluding hydrogens is 290 g/mol. The number of sulfone groups is 1. The van der Waals surface area contributed by atoms with E-state index >= 15 is 0 Å². The Balaban J connectivity index is 2.15. The van der Waals surface area contributed by atoms with Crippen LogP contribution >= 0.6 is 0 Å². The van der Waals surface area contributed by atoms with Crippen molar-refractivity contribution in [2.75, 3.05) is 23.7 Å². The second-order valence-corrected chi connectivity index (χ2v) is 7.75. The van der Waals surface area contributed by atoms with Crippen LogP contribution in [0.25, 0.3) is 0 Å². The first-order valence-corrected chi connectivity index (χ1v) is 8.81. The summed E-state index contributed by atoms with van der Waals surface area (Å²) >= 11 is 0. The third-order valence-corrected chi connectivity index (χ3v) is 5.90. The van der Waals surface area contributed by atoms with Crippen molar-refractivity contribution in [1.82, 2.24) is 0 Å². The van der Waals surface area contributed by atoms with Crippen molar-refractivity contribution in [3.8, 4) is 0 Å². The second kappa shape index (κ2) is 6.05. The van der Waals surface area contributed by atoms with Crippen LogP contribution < -0.4 is 4.90 Å². The van der Waals surface area contributed by atoms with Gasteiger partial charge in [-0.15, -0.1) is 0 Å². The van der Waals surface area contributed by atoms with E-state index in [-0.39, 0.29) is 17.6 Å². The van der Waals surface area contributed by atoms with Gasteiger partial charge >= 0.3 is 5.97 Å². The van der Waals surface area contributed by atoms with Gasteiger partial charge in [-0.2, -0.15) is 0 Å². The molecule has 0 bridgehead atoms. The summed E-state index contributed by atoms with van der Waals surface area (Å²) < 4.78 is 23.9. The summed E-state index contributed by atoms with van der Waals surface area (Å²) in [6, 6.07) is 6.75. The zero-order valence-electron chi connectivity index (χ0n) is 12.3. The van der Waals surface area contributed by atoms with Crippen molar-refractivity contribution in [1.29, 1.82) is 0 Å². The fraction of sp³-hybridized carbons (Fsp3) is 0.533. The molecule has 0 aromatic heterocycles. The fourth-order valence-electron chi connectivity index (χ4n) is 2.75. The summed E-state index contributed by atoms with van der Waals surface area (Å²) in [5.41, 5.74) is 0.876. The van der Waals surface area contributed by atoms with Crippen molar-refractivity contribution in [3.63, 3.8) is 0 Å². The highest BCUT2D eigenvalue weighted by molar-refractivity contribution is 7.91. The second-order valence-electron chi connectivity index (χ2n) is 5.64. The van der Waals surface area contributed by atoms with E-state index in [1.807, 2.05) is 18.7 Å². The lowest BCUT2D eigenvalue weighted by atomic mass is 9.99. The van der Waals surface area contributed by atoms with Crippen molar-refractivity contribution in [3.05, 3.63) is 24.3 Å². The molecule has 21 heavy (non-hydrogen) atoms. The zero-order valence-corrected chi connectivity index (χ0v) is 13.1. The van der Waals surface area contributed by atoms with E-state index in [2.05, 4.69) is 0 Å². The molecule has 1 aliphatic rings. The van der Waals surface area contributed by atoms with Gasteiger partial charge < -0.3 is 10.0 Å². The lowest BCUT2D eigenvalue weighted by Crippen LogP contribution is -2.23. The molecule has 1 N–H and O–H groups in total. The number of benzene rings is 1. The van der Waals surface area contributed by atoms with E-state index in [0.29, 0.717) is 24.4 Å². The normalized spacial score (nSPS) is 22.5. The molecule has 1 aromatic carbocycles. The van der Waals surface area contributed by atoms with Gasteiger partial charge in [0, 0.05) is 18.8 Å². The predicted molar refractivity (Wildman–Crippen MR) is 81.3 cm³/mol. The highest BCUT2D eigenvalue weighted by Gasteiger charge is 2.34. The highest BCUT2D eigenvalue weighted by atomic mass is 32.2. The first kappa shape index (κ1) is 15.8. The quantitative estimate of drug-likeness (QED) is 0.900. The number of carboxylic acid groups (broad SMARTS) is 1. The van der Waals surface area contributed by atoms with Crippen LogP contribution in [-0.4, -0.2) is 38.3 Å². The minimum atomic E-state index is -3.20. The van der Waals surface area contributed by atoms with Gasteiger partial charge in [0.1, 0.15) is 0 Å².